The fraction of sp³-hybridized carbons (Fsp3) is 0.433. The van der Waals surface area contributed by atoms with Crippen LogP contribution in [0.4, 0.5) is 39.5 Å². The molecule has 52 heavy (non-hydrogen) atoms. The number of hydrogen-bond acceptors (Lipinski definition) is 8. The summed E-state index contributed by atoms with van der Waals surface area (Å²) < 4.78 is 95.2. The van der Waals surface area contributed by atoms with Gasteiger partial charge in [0, 0.05) is 13.1 Å². The zero-order valence-corrected chi connectivity index (χ0v) is 27.0. The smallest absolute Gasteiger partial charge is 0.475 e. The second-order valence-corrected chi connectivity index (χ2v) is 10.0. The normalized spacial score (nSPS) is 12.1. The lowest BCUT2D eigenvalue weighted by Crippen LogP contribution is -2.43. The van der Waals surface area contributed by atoms with Crippen molar-refractivity contribution in [3.63, 3.8) is 0 Å². The third-order valence-corrected chi connectivity index (χ3v) is 5.66. The number of benzene rings is 2. The van der Waals surface area contributed by atoms with E-state index >= 15 is 0 Å². The highest BCUT2D eigenvalue weighted by atomic mass is 19.4. The maximum atomic E-state index is 12.0. The minimum Gasteiger partial charge on any atom is -0.475 e. The van der Waals surface area contributed by atoms with Gasteiger partial charge >= 0.3 is 36.4 Å². The van der Waals surface area contributed by atoms with Gasteiger partial charge in [-0.1, -0.05) is 60.7 Å². The van der Waals surface area contributed by atoms with Crippen LogP contribution in [0.5, 0.6) is 0 Å². The van der Waals surface area contributed by atoms with E-state index < -0.39 is 48.5 Å². The average molecular weight is 768 g/mol. The summed E-state index contributed by atoms with van der Waals surface area (Å²) in [5, 5.41) is 30.4. The molecule has 2 aromatic carbocycles. The highest BCUT2D eigenvalue weighted by Gasteiger charge is 2.39. The molecule has 2 atom stereocenters. The largest absolute Gasteiger partial charge is 0.490 e. The molecule has 0 aliphatic carbocycles. The van der Waals surface area contributed by atoms with Crippen molar-refractivity contribution in [3.8, 4) is 0 Å². The summed E-state index contributed by atoms with van der Waals surface area (Å²) in [6, 6.07) is 18.5. The number of carbonyl (C=O) groups is 5. The molecule has 13 nitrogen and oxygen atoms in total. The Balaban J connectivity index is 0. The SMILES string of the molecule is N[C@@H](Cc1ccccc1)C(=O)NCCCNCCCNC(=O)[C@@H](N)Cc1ccccc1.O=C(O)C(F)(F)F.O=C(O)C(F)(F)F.O=C(O)C(F)(F)F. The van der Waals surface area contributed by atoms with Crippen LogP contribution in [-0.4, -0.2) is 102 Å². The molecular weight excluding hydrogens is 729 g/mol. The Kier molecular flexibility index (Phi) is 23.7. The molecule has 2 amide bonds. The molecule has 2 rings (SSSR count). The number of halogens is 9. The number of nitrogens with one attached hydrogen (secondary N) is 3. The van der Waals surface area contributed by atoms with Gasteiger partial charge in [-0.2, -0.15) is 39.5 Å². The number of nitrogens with two attached hydrogens (primary N) is 2. The summed E-state index contributed by atoms with van der Waals surface area (Å²) in [5.41, 5.74) is 14.0. The molecule has 2 aromatic rings. The van der Waals surface area contributed by atoms with Crippen molar-refractivity contribution in [2.45, 2.75) is 56.3 Å². The molecule has 0 unspecified atom stereocenters. The molecule has 0 aromatic heterocycles. The van der Waals surface area contributed by atoms with E-state index in [1.165, 1.54) is 0 Å². The van der Waals surface area contributed by atoms with Gasteiger partial charge in [0.05, 0.1) is 12.1 Å². The standard InChI is InChI=1S/C24H35N5O2.3C2HF3O2/c25-21(17-19-9-3-1-4-10-19)23(30)28-15-7-13-27-14-8-16-29-24(31)22(26)18-20-11-5-2-6-12-20;3*3-2(4,5)1(6)7/h1-6,9-12,21-22,27H,7-8,13-18,25-26H2,(H,28,30)(H,29,31);3*(H,6,7)/t21-,22-;;;/m0.../s1. The Morgan fingerprint density at radius 1 is 0.519 bits per heavy atom. The number of hydrogen-bond donors (Lipinski definition) is 8. The molecule has 0 fully saturated rings. The number of carboxylic acid groups (broad SMARTS) is 3. The Labute approximate surface area is 290 Å². The average Bonchev–Trinajstić information content (AvgIpc) is 3.04. The number of carbonyl (C=O) groups excluding carboxylic acids is 2. The number of carboxylic acids is 3. The lowest BCUT2D eigenvalue weighted by molar-refractivity contribution is -0.193. The molecule has 0 spiro atoms. The van der Waals surface area contributed by atoms with Crippen molar-refractivity contribution < 1.29 is 78.8 Å². The van der Waals surface area contributed by atoms with Gasteiger partial charge < -0.3 is 42.7 Å². The minimum atomic E-state index is -5.08. The summed E-state index contributed by atoms with van der Waals surface area (Å²) in [4.78, 5) is 50.8. The van der Waals surface area contributed by atoms with E-state index in [1.807, 2.05) is 60.7 Å². The molecule has 0 radical (unpaired) electrons. The summed E-state index contributed by atoms with van der Waals surface area (Å²) in [6.07, 6.45) is -12.5. The summed E-state index contributed by atoms with van der Waals surface area (Å²) in [7, 11) is 0. The molecule has 10 N–H and O–H groups in total. The molecular formula is C30H38F9N5O8. The predicted molar refractivity (Wildman–Crippen MR) is 165 cm³/mol. The minimum absolute atomic E-state index is 0.126. The van der Waals surface area contributed by atoms with Crippen LogP contribution in [0.15, 0.2) is 60.7 Å². The maximum Gasteiger partial charge on any atom is 0.490 e. The third-order valence-electron chi connectivity index (χ3n) is 5.66. The van der Waals surface area contributed by atoms with Crippen LogP contribution in [0.1, 0.15) is 24.0 Å². The molecule has 0 heterocycles. The van der Waals surface area contributed by atoms with Crippen LogP contribution < -0.4 is 27.4 Å². The first-order valence-corrected chi connectivity index (χ1v) is 14.6. The quantitative estimate of drug-likeness (QED) is 0.103. The highest BCUT2D eigenvalue weighted by molar-refractivity contribution is 5.82. The number of alkyl halides is 9. The van der Waals surface area contributed by atoms with Gasteiger partial charge in [0.15, 0.2) is 0 Å². The second-order valence-electron chi connectivity index (χ2n) is 10.0. The van der Waals surface area contributed by atoms with Gasteiger partial charge in [0.2, 0.25) is 11.8 Å². The lowest BCUT2D eigenvalue weighted by Gasteiger charge is -2.13. The molecule has 0 saturated carbocycles. The van der Waals surface area contributed by atoms with Gasteiger partial charge in [-0.25, -0.2) is 14.4 Å². The Bertz CT molecular complexity index is 1230. The van der Waals surface area contributed by atoms with Crippen LogP contribution >= 0.6 is 0 Å². The summed E-state index contributed by atoms with van der Waals surface area (Å²) >= 11 is 0. The molecule has 0 aliphatic rings. The van der Waals surface area contributed by atoms with Gasteiger partial charge in [0.1, 0.15) is 0 Å². The van der Waals surface area contributed by atoms with Gasteiger partial charge in [-0.3, -0.25) is 9.59 Å². The zero-order valence-electron chi connectivity index (χ0n) is 27.0. The van der Waals surface area contributed by atoms with Crippen molar-refractivity contribution >= 4 is 29.7 Å². The highest BCUT2D eigenvalue weighted by Crippen LogP contribution is 2.14. The monoisotopic (exact) mass is 767 g/mol. The summed E-state index contributed by atoms with van der Waals surface area (Å²) in [6.45, 7) is 2.74. The first-order chi connectivity index (χ1) is 23.9. The Hall–Kier alpha value is -4.96. The van der Waals surface area contributed by atoms with Crippen molar-refractivity contribution in [1.82, 2.24) is 16.0 Å². The fourth-order valence-corrected chi connectivity index (χ4v) is 3.16. The van der Waals surface area contributed by atoms with Crippen molar-refractivity contribution in [1.29, 1.82) is 0 Å². The van der Waals surface area contributed by atoms with Gasteiger partial charge in [-0.15, -0.1) is 0 Å². The van der Waals surface area contributed by atoms with Crippen molar-refractivity contribution in [2.75, 3.05) is 26.2 Å². The number of amides is 2. The maximum absolute atomic E-state index is 12.0. The lowest BCUT2D eigenvalue weighted by atomic mass is 10.1. The zero-order chi connectivity index (χ0) is 40.5. The second kappa shape index (κ2) is 25.1. The first-order valence-electron chi connectivity index (χ1n) is 14.6. The van der Waals surface area contributed by atoms with Crippen molar-refractivity contribution in [3.05, 3.63) is 71.8 Å². The van der Waals surface area contributed by atoms with Crippen LogP contribution in [0.3, 0.4) is 0 Å². The number of rotatable bonds is 14. The van der Waals surface area contributed by atoms with E-state index in [0.717, 1.165) is 37.1 Å². The third kappa shape index (κ3) is 26.8. The molecule has 0 aliphatic heterocycles. The van der Waals surface area contributed by atoms with E-state index in [4.69, 9.17) is 41.2 Å². The number of aliphatic carboxylic acids is 3. The van der Waals surface area contributed by atoms with Crippen LogP contribution in [0, 0.1) is 0 Å². The van der Waals surface area contributed by atoms with E-state index in [1.54, 1.807) is 0 Å². The van der Waals surface area contributed by atoms with Crippen LogP contribution in [0.2, 0.25) is 0 Å². The van der Waals surface area contributed by atoms with E-state index in [2.05, 4.69) is 16.0 Å². The van der Waals surface area contributed by atoms with Crippen LogP contribution in [0.25, 0.3) is 0 Å². The molecule has 0 bridgehead atoms. The topological polar surface area (TPSA) is 234 Å². The van der Waals surface area contributed by atoms with E-state index in [0.29, 0.717) is 25.9 Å². The fourth-order valence-electron chi connectivity index (χ4n) is 3.16. The van der Waals surface area contributed by atoms with Crippen LogP contribution in [-0.2, 0) is 36.8 Å². The first kappa shape index (κ1) is 49.2. The molecule has 22 heteroatoms. The summed E-state index contributed by atoms with van der Waals surface area (Å²) in [5.74, 6) is -8.52. The molecule has 0 saturated heterocycles. The molecule has 294 valence electrons. The van der Waals surface area contributed by atoms with Gasteiger partial charge in [-0.05, 0) is 49.9 Å². The van der Waals surface area contributed by atoms with Gasteiger partial charge in [0.25, 0.3) is 0 Å². The van der Waals surface area contributed by atoms with E-state index in [9.17, 15) is 49.1 Å². The van der Waals surface area contributed by atoms with Crippen molar-refractivity contribution in [2.24, 2.45) is 11.5 Å². The Morgan fingerprint density at radius 2 is 0.769 bits per heavy atom. The Morgan fingerprint density at radius 3 is 1.00 bits per heavy atom. The predicted octanol–water partition coefficient (Wildman–Crippen LogP) is 2.63. The van der Waals surface area contributed by atoms with E-state index in [-0.39, 0.29) is 11.8 Å².